The van der Waals surface area contributed by atoms with Crippen LogP contribution in [0.3, 0.4) is 0 Å². The lowest BCUT2D eigenvalue weighted by Crippen LogP contribution is -2.55. The molecule has 0 radical (unpaired) electrons. The molecule has 0 aromatic heterocycles. The van der Waals surface area contributed by atoms with Gasteiger partial charge in [0.1, 0.15) is 0 Å². The van der Waals surface area contributed by atoms with Crippen molar-refractivity contribution in [2.24, 2.45) is 16.7 Å². The third-order valence-electron chi connectivity index (χ3n) is 4.91. The van der Waals surface area contributed by atoms with Gasteiger partial charge in [-0.05, 0) is 24.2 Å². The zero-order valence-electron chi connectivity index (χ0n) is 12.5. The van der Waals surface area contributed by atoms with Crippen LogP contribution in [0.1, 0.15) is 33.6 Å². The van der Waals surface area contributed by atoms with Gasteiger partial charge in [-0.15, -0.1) is 0 Å². The van der Waals surface area contributed by atoms with E-state index in [1.54, 1.807) is 0 Å². The number of rotatable bonds is 2. The van der Waals surface area contributed by atoms with Gasteiger partial charge in [-0.2, -0.15) is 4.31 Å². The Bertz CT molecular complexity index is 503. The normalized spacial score (nSPS) is 35.0. The average molecular weight is 304 g/mol. The number of amides is 1. The molecule has 1 saturated heterocycles. The van der Waals surface area contributed by atoms with Crippen molar-refractivity contribution in [2.45, 2.75) is 39.7 Å². The lowest BCUT2D eigenvalue weighted by atomic mass is 9.53. The molecule has 116 valence electrons. The summed E-state index contributed by atoms with van der Waals surface area (Å²) < 4.78 is 24.9. The topological polar surface area (TPSA) is 86.7 Å². The van der Waals surface area contributed by atoms with Gasteiger partial charge < -0.3 is 10.4 Å². The molecule has 1 saturated carbocycles. The molecule has 2 aliphatic rings. The quantitative estimate of drug-likeness (QED) is 0.806. The fourth-order valence-corrected chi connectivity index (χ4v) is 4.38. The highest BCUT2D eigenvalue weighted by Gasteiger charge is 2.58. The molecule has 1 heterocycles. The van der Waals surface area contributed by atoms with Crippen molar-refractivity contribution in [3.63, 3.8) is 0 Å². The molecule has 0 aromatic rings. The summed E-state index contributed by atoms with van der Waals surface area (Å²) in [5, 5.41) is 11.5. The largest absolute Gasteiger partial charge is 0.465 e. The maximum absolute atomic E-state index is 11.7. The first-order valence-electron chi connectivity index (χ1n) is 6.89. The van der Waals surface area contributed by atoms with Gasteiger partial charge in [0.05, 0.1) is 12.3 Å². The van der Waals surface area contributed by atoms with Crippen LogP contribution in [-0.4, -0.2) is 49.3 Å². The first-order chi connectivity index (χ1) is 8.94. The number of hydrogen-bond donors (Lipinski definition) is 2. The van der Waals surface area contributed by atoms with E-state index in [2.05, 4.69) is 26.1 Å². The second-order valence-electron chi connectivity index (χ2n) is 7.39. The van der Waals surface area contributed by atoms with Crippen molar-refractivity contribution in [3.05, 3.63) is 0 Å². The van der Waals surface area contributed by atoms with Gasteiger partial charge in [0.15, 0.2) is 0 Å². The molecule has 0 bridgehead atoms. The summed E-state index contributed by atoms with van der Waals surface area (Å²) in [6.07, 6.45) is 1.87. The van der Waals surface area contributed by atoms with E-state index in [-0.39, 0.29) is 23.4 Å². The third-order valence-corrected chi connectivity index (χ3v) is 6.13. The Morgan fingerprint density at radius 3 is 2.30 bits per heavy atom. The maximum atomic E-state index is 11.7. The van der Waals surface area contributed by atoms with E-state index >= 15 is 0 Å². The van der Waals surface area contributed by atoms with Crippen molar-refractivity contribution in [1.82, 2.24) is 9.62 Å². The molecule has 2 rings (SSSR count). The fraction of sp³-hybridized carbons (Fsp3) is 0.923. The van der Waals surface area contributed by atoms with Crippen LogP contribution >= 0.6 is 0 Å². The van der Waals surface area contributed by atoms with Gasteiger partial charge in [0, 0.05) is 18.5 Å². The van der Waals surface area contributed by atoms with Crippen LogP contribution in [0.4, 0.5) is 4.79 Å². The average Bonchev–Trinajstić information content (AvgIpc) is 2.51. The van der Waals surface area contributed by atoms with E-state index in [0.29, 0.717) is 12.5 Å². The summed E-state index contributed by atoms with van der Waals surface area (Å²) in [5.74, 6) is 0.514. The number of nitrogens with one attached hydrogen (secondary N) is 1. The van der Waals surface area contributed by atoms with Crippen molar-refractivity contribution in [2.75, 3.05) is 19.3 Å². The molecule has 1 amide bonds. The Kier molecular flexibility index (Phi) is 3.57. The monoisotopic (exact) mass is 304 g/mol. The minimum absolute atomic E-state index is 0.178. The molecule has 1 aliphatic heterocycles. The number of carboxylic acid groups (broad SMARTS) is 1. The predicted molar refractivity (Wildman–Crippen MR) is 76.0 cm³/mol. The fourth-order valence-electron chi connectivity index (χ4n) is 3.47. The molecule has 1 atom stereocenters. The Morgan fingerprint density at radius 2 is 1.90 bits per heavy atom. The molecule has 1 unspecified atom stereocenters. The van der Waals surface area contributed by atoms with E-state index in [1.165, 1.54) is 10.6 Å². The SMILES string of the molecule is CC(C)(C)C1CC2(C1)CN(S(C)(=O)=O)CC2NC(=O)O. The smallest absolute Gasteiger partial charge is 0.404 e. The third kappa shape index (κ3) is 2.79. The van der Waals surface area contributed by atoms with E-state index in [1.807, 2.05) is 0 Å². The van der Waals surface area contributed by atoms with Crippen LogP contribution in [0.25, 0.3) is 0 Å². The Balaban J connectivity index is 2.16. The van der Waals surface area contributed by atoms with Crippen LogP contribution in [0, 0.1) is 16.7 Å². The minimum atomic E-state index is -3.27. The molecule has 2 N–H and O–H groups in total. The van der Waals surface area contributed by atoms with Crippen molar-refractivity contribution in [1.29, 1.82) is 0 Å². The lowest BCUT2D eigenvalue weighted by molar-refractivity contribution is -0.0179. The summed E-state index contributed by atoms with van der Waals surface area (Å²) in [7, 11) is -3.27. The van der Waals surface area contributed by atoms with E-state index < -0.39 is 16.1 Å². The van der Waals surface area contributed by atoms with Gasteiger partial charge in [0.2, 0.25) is 10.0 Å². The Labute approximate surface area is 120 Å². The van der Waals surface area contributed by atoms with Gasteiger partial charge in [-0.25, -0.2) is 13.2 Å². The van der Waals surface area contributed by atoms with E-state index in [9.17, 15) is 13.2 Å². The van der Waals surface area contributed by atoms with Gasteiger partial charge >= 0.3 is 6.09 Å². The zero-order chi connectivity index (χ0) is 15.3. The number of nitrogens with zero attached hydrogens (tertiary/aromatic N) is 1. The minimum Gasteiger partial charge on any atom is -0.465 e. The number of sulfonamides is 1. The molecular weight excluding hydrogens is 280 g/mol. The van der Waals surface area contributed by atoms with Crippen LogP contribution in [0.2, 0.25) is 0 Å². The van der Waals surface area contributed by atoms with Gasteiger partial charge in [-0.3, -0.25) is 0 Å². The molecule has 1 spiro atoms. The predicted octanol–water partition coefficient (Wildman–Crippen LogP) is 1.34. The van der Waals surface area contributed by atoms with Crippen LogP contribution in [0.15, 0.2) is 0 Å². The van der Waals surface area contributed by atoms with Gasteiger partial charge in [-0.1, -0.05) is 20.8 Å². The second-order valence-corrected chi connectivity index (χ2v) is 9.37. The summed E-state index contributed by atoms with van der Waals surface area (Å²) in [5.41, 5.74) is -0.0447. The highest BCUT2D eigenvalue weighted by atomic mass is 32.2. The lowest BCUT2D eigenvalue weighted by Gasteiger charge is -2.53. The number of hydrogen-bond acceptors (Lipinski definition) is 3. The summed E-state index contributed by atoms with van der Waals surface area (Å²) in [6.45, 7) is 7.21. The van der Waals surface area contributed by atoms with Crippen molar-refractivity contribution < 1.29 is 18.3 Å². The zero-order valence-corrected chi connectivity index (χ0v) is 13.3. The molecule has 20 heavy (non-hydrogen) atoms. The summed E-state index contributed by atoms with van der Waals surface area (Å²) in [6, 6.07) is -0.298. The van der Waals surface area contributed by atoms with E-state index in [0.717, 1.165) is 12.8 Å². The molecule has 0 aromatic carbocycles. The molecule has 1 aliphatic carbocycles. The summed E-state index contributed by atoms with van der Waals surface area (Å²) in [4.78, 5) is 10.9. The molecule has 2 fully saturated rings. The molecule has 6 nitrogen and oxygen atoms in total. The molecular formula is C13H24N2O4S. The second kappa shape index (κ2) is 4.59. The number of carbonyl (C=O) groups is 1. The van der Waals surface area contributed by atoms with Gasteiger partial charge in [0.25, 0.3) is 0 Å². The Morgan fingerprint density at radius 1 is 1.35 bits per heavy atom. The Hall–Kier alpha value is -0.820. The van der Waals surface area contributed by atoms with E-state index in [4.69, 9.17) is 5.11 Å². The first-order valence-corrected chi connectivity index (χ1v) is 8.73. The summed E-state index contributed by atoms with van der Waals surface area (Å²) >= 11 is 0. The van der Waals surface area contributed by atoms with Crippen LogP contribution in [-0.2, 0) is 10.0 Å². The standard InChI is InChI=1S/C13H24N2O4S/c1-12(2,3)9-5-13(6-9)8-15(20(4,18)19)7-10(13)14-11(16)17/h9-10,14H,5-8H2,1-4H3,(H,16,17). The van der Waals surface area contributed by atoms with Crippen molar-refractivity contribution in [3.8, 4) is 0 Å². The van der Waals surface area contributed by atoms with Crippen molar-refractivity contribution >= 4 is 16.1 Å². The highest BCUT2D eigenvalue weighted by Crippen LogP contribution is 2.57. The van der Waals surface area contributed by atoms with Crippen LogP contribution in [0.5, 0.6) is 0 Å². The maximum Gasteiger partial charge on any atom is 0.404 e. The first kappa shape index (κ1) is 15.6. The highest BCUT2D eigenvalue weighted by molar-refractivity contribution is 7.88. The van der Waals surface area contributed by atoms with Crippen LogP contribution < -0.4 is 5.32 Å². The molecule has 7 heteroatoms.